The number of carbonyl (C=O) groups is 1. The number of nitrogens with zero attached hydrogens (tertiary/aromatic N) is 2. The molecule has 15 heavy (non-hydrogen) atoms. The van der Waals surface area contributed by atoms with Gasteiger partial charge in [0, 0.05) is 0 Å². The van der Waals surface area contributed by atoms with Crippen LogP contribution < -0.4 is 0 Å². The molecule has 0 saturated carbocycles. The first-order valence-corrected chi connectivity index (χ1v) is 4.60. The van der Waals surface area contributed by atoms with Crippen molar-refractivity contribution in [2.45, 2.75) is 12.6 Å². The third-order valence-electron chi connectivity index (χ3n) is 2.25. The van der Waals surface area contributed by atoms with Gasteiger partial charge in [-0.15, -0.1) is 0 Å². The monoisotopic (exact) mass is 206 g/mol. The second-order valence-electron chi connectivity index (χ2n) is 3.26. The highest BCUT2D eigenvalue weighted by Gasteiger charge is 2.29. The highest BCUT2D eigenvalue weighted by Crippen LogP contribution is 2.13. The molecule has 1 saturated heterocycles. The number of ether oxygens (including phenoxy) is 1. The number of rotatable bonds is 2. The normalized spacial score (nSPS) is 21.4. The van der Waals surface area contributed by atoms with Crippen LogP contribution in [0.15, 0.2) is 22.8 Å². The van der Waals surface area contributed by atoms with Crippen LogP contribution in [0.4, 0.5) is 0 Å². The lowest BCUT2D eigenvalue weighted by molar-refractivity contribution is -0.146. The molecule has 1 aromatic heterocycles. The Kier molecular flexibility index (Phi) is 2.70. The van der Waals surface area contributed by atoms with E-state index in [0.717, 1.165) is 0 Å². The van der Waals surface area contributed by atoms with Crippen molar-refractivity contribution >= 4 is 5.91 Å². The Labute approximate surface area is 86.8 Å². The number of morpholine rings is 1. The van der Waals surface area contributed by atoms with Crippen LogP contribution in [0.25, 0.3) is 0 Å². The highest BCUT2D eigenvalue weighted by atomic mass is 16.5. The Morgan fingerprint density at radius 3 is 3.20 bits per heavy atom. The van der Waals surface area contributed by atoms with E-state index >= 15 is 0 Å². The van der Waals surface area contributed by atoms with E-state index in [-0.39, 0.29) is 19.1 Å². The summed E-state index contributed by atoms with van der Waals surface area (Å²) in [6.45, 7) is 0.634. The predicted octanol–water partition coefficient (Wildman–Crippen LogP) is 0.531. The lowest BCUT2D eigenvalue weighted by atomic mass is 10.2. The minimum absolute atomic E-state index is 0.0406. The molecule has 0 aliphatic carbocycles. The van der Waals surface area contributed by atoms with Gasteiger partial charge in [0.2, 0.25) is 5.91 Å². The SMILES string of the molecule is N#CC1COCC(=O)N1Cc1ccco1. The van der Waals surface area contributed by atoms with Crippen LogP contribution in [-0.2, 0) is 16.1 Å². The van der Waals surface area contributed by atoms with Crippen LogP contribution in [0, 0.1) is 11.3 Å². The molecule has 0 bridgehead atoms. The molecule has 0 aromatic carbocycles. The molecule has 2 rings (SSSR count). The molecule has 2 heterocycles. The van der Waals surface area contributed by atoms with Gasteiger partial charge < -0.3 is 14.1 Å². The average molecular weight is 206 g/mol. The van der Waals surface area contributed by atoms with Gasteiger partial charge in [-0.25, -0.2) is 0 Å². The standard InChI is InChI=1S/C10H10N2O3/c11-4-8-6-14-7-10(13)12(8)5-9-2-1-3-15-9/h1-3,8H,5-7H2. The number of amides is 1. The van der Waals surface area contributed by atoms with Crippen LogP contribution in [-0.4, -0.2) is 30.1 Å². The second kappa shape index (κ2) is 4.15. The maximum Gasteiger partial charge on any atom is 0.250 e. The average Bonchev–Trinajstić information content (AvgIpc) is 2.74. The van der Waals surface area contributed by atoms with E-state index in [2.05, 4.69) is 0 Å². The van der Waals surface area contributed by atoms with Crippen LogP contribution in [0.3, 0.4) is 0 Å². The molecular weight excluding hydrogens is 196 g/mol. The van der Waals surface area contributed by atoms with E-state index in [9.17, 15) is 4.79 Å². The zero-order chi connectivity index (χ0) is 10.7. The summed E-state index contributed by atoms with van der Waals surface area (Å²) in [6.07, 6.45) is 1.54. The van der Waals surface area contributed by atoms with E-state index in [4.69, 9.17) is 14.4 Å². The summed E-state index contributed by atoms with van der Waals surface area (Å²) >= 11 is 0. The minimum atomic E-state index is -0.517. The van der Waals surface area contributed by atoms with Gasteiger partial charge >= 0.3 is 0 Å². The fraction of sp³-hybridized carbons (Fsp3) is 0.400. The second-order valence-corrected chi connectivity index (χ2v) is 3.26. The van der Waals surface area contributed by atoms with Crippen LogP contribution in [0.2, 0.25) is 0 Å². The van der Waals surface area contributed by atoms with Crippen molar-refractivity contribution < 1.29 is 13.9 Å². The Morgan fingerprint density at radius 2 is 2.53 bits per heavy atom. The summed E-state index contributed by atoms with van der Waals surface area (Å²) in [5.41, 5.74) is 0. The van der Waals surface area contributed by atoms with Gasteiger partial charge in [-0.2, -0.15) is 5.26 Å². The smallest absolute Gasteiger partial charge is 0.250 e. The Balaban J connectivity index is 2.10. The van der Waals surface area contributed by atoms with Crippen molar-refractivity contribution in [2.75, 3.05) is 13.2 Å². The van der Waals surface area contributed by atoms with Crippen molar-refractivity contribution in [3.8, 4) is 6.07 Å². The maximum absolute atomic E-state index is 11.5. The van der Waals surface area contributed by atoms with Crippen LogP contribution >= 0.6 is 0 Å². The molecule has 78 valence electrons. The molecule has 0 radical (unpaired) electrons. The first-order valence-electron chi connectivity index (χ1n) is 4.60. The van der Waals surface area contributed by atoms with Crippen molar-refractivity contribution in [1.29, 1.82) is 5.26 Å². The third kappa shape index (κ3) is 2.00. The molecular formula is C10H10N2O3. The molecule has 1 fully saturated rings. The Bertz CT molecular complexity index is 380. The Morgan fingerprint density at radius 1 is 1.67 bits per heavy atom. The summed E-state index contributed by atoms with van der Waals surface area (Å²) in [6, 6.07) is 5.04. The highest BCUT2D eigenvalue weighted by molar-refractivity contribution is 5.78. The zero-order valence-electron chi connectivity index (χ0n) is 8.05. The minimum Gasteiger partial charge on any atom is -0.467 e. The molecule has 1 amide bonds. The molecule has 1 aliphatic heterocycles. The largest absolute Gasteiger partial charge is 0.467 e. The van der Waals surface area contributed by atoms with Crippen LogP contribution in [0.5, 0.6) is 0 Å². The molecule has 0 spiro atoms. The van der Waals surface area contributed by atoms with Gasteiger partial charge in [0.05, 0.1) is 25.5 Å². The predicted molar refractivity (Wildman–Crippen MR) is 49.5 cm³/mol. The topological polar surface area (TPSA) is 66.5 Å². The van der Waals surface area contributed by atoms with Gasteiger partial charge in [-0.1, -0.05) is 0 Å². The third-order valence-corrected chi connectivity index (χ3v) is 2.25. The van der Waals surface area contributed by atoms with Crippen molar-refractivity contribution in [2.24, 2.45) is 0 Å². The molecule has 1 aliphatic rings. The summed E-state index contributed by atoms with van der Waals surface area (Å²) in [5, 5.41) is 8.85. The molecule has 0 N–H and O–H groups in total. The molecule has 5 heteroatoms. The quantitative estimate of drug-likeness (QED) is 0.708. The van der Waals surface area contributed by atoms with Gasteiger partial charge in [0.15, 0.2) is 0 Å². The molecule has 5 nitrogen and oxygen atoms in total. The zero-order valence-corrected chi connectivity index (χ0v) is 8.05. The van der Waals surface area contributed by atoms with E-state index in [1.165, 1.54) is 4.90 Å². The van der Waals surface area contributed by atoms with E-state index in [1.807, 2.05) is 6.07 Å². The number of hydrogen-bond donors (Lipinski definition) is 0. The number of carbonyl (C=O) groups excluding carboxylic acids is 1. The van der Waals surface area contributed by atoms with E-state index in [0.29, 0.717) is 12.3 Å². The first-order chi connectivity index (χ1) is 7.31. The van der Waals surface area contributed by atoms with E-state index < -0.39 is 6.04 Å². The summed E-state index contributed by atoms with van der Waals surface area (Å²) in [5.74, 6) is 0.495. The number of furan rings is 1. The van der Waals surface area contributed by atoms with Crippen molar-refractivity contribution in [3.63, 3.8) is 0 Å². The number of nitriles is 1. The van der Waals surface area contributed by atoms with Gasteiger partial charge in [-0.3, -0.25) is 4.79 Å². The molecule has 1 unspecified atom stereocenters. The fourth-order valence-electron chi connectivity index (χ4n) is 1.48. The first kappa shape index (κ1) is 9.74. The van der Waals surface area contributed by atoms with Gasteiger partial charge in [0.1, 0.15) is 18.4 Å². The molecule has 1 aromatic rings. The maximum atomic E-state index is 11.5. The van der Waals surface area contributed by atoms with E-state index in [1.54, 1.807) is 18.4 Å². The summed E-state index contributed by atoms with van der Waals surface area (Å²) in [4.78, 5) is 13.0. The number of hydrogen-bond acceptors (Lipinski definition) is 4. The Hall–Kier alpha value is -1.80. The lowest BCUT2D eigenvalue weighted by Gasteiger charge is -2.30. The van der Waals surface area contributed by atoms with Crippen molar-refractivity contribution in [1.82, 2.24) is 4.90 Å². The summed E-state index contributed by atoms with van der Waals surface area (Å²) < 4.78 is 10.1. The fourth-order valence-corrected chi connectivity index (χ4v) is 1.48. The van der Waals surface area contributed by atoms with Gasteiger partial charge in [0.25, 0.3) is 0 Å². The van der Waals surface area contributed by atoms with Crippen LogP contribution in [0.1, 0.15) is 5.76 Å². The lowest BCUT2D eigenvalue weighted by Crippen LogP contribution is -2.48. The van der Waals surface area contributed by atoms with Gasteiger partial charge in [-0.05, 0) is 12.1 Å². The summed E-state index contributed by atoms with van der Waals surface area (Å²) in [7, 11) is 0. The molecule has 1 atom stereocenters. The van der Waals surface area contributed by atoms with Crippen molar-refractivity contribution in [3.05, 3.63) is 24.2 Å².